The summed E-state index contributed by atoms with van der Waals surface area (Å²) in [5.41, 5.74) is 7.50. The number of nitrogens with two attached hydrogens (primary N) is 1. The average Bonchev–Trinajstić information content (AvgIpc) is 2.52. The van der Waals surface area contributed by atoms with Gasteiger partial charge in [0.2, 0.25) is 0 Å². The van der Waals surface area contributed by atoms with Crippen LogP contribution in [0.5, 0.6) is 0 Å². The smallest absolute Gasteiger partial charge is 0.141 e. The predicted molar refractivity (Wildman–Crippen MR) is 72.0 cm³/mol. The van der Waals surface area contributed by atoms with Crippen LogP contribution in [0.25, 0.3) is 0 Å². The van der Waals surface area contributed by atoms with E-state index in [1.54, 1.807) is 16.8 Å². The highest BCUT2D eigenvalue weighted by Gasteiger charge is 2.10. The standard InChI is InChI=1S/C11H10Cl3N3/c1-6-10(14)11(15)17(16-6)5-7-2-3-8(12)9(13)4-7/h2-4H,5,15H2,1H3. The number of hydrogen-bond donors (Lipinski definition) is 1. The van der Waals surface area contributed by atoms with Crippen LogP contribution in [-0.2, 0) is 6.54 Å². The van der Waals surface area contributed by atoms with Crippen LogP contribution in [0.3, 0.4) is 0 Å². The molecule has 0 amide bonds. The van der Waals surface area contributed by atoms with E-state index in [4.69, 9.17) is 40.5 Å². The maximum atomic E-state index is 5.97. The summed E-state index contributed by atoms with van der Waals surface area (Å²) in [6.45, 7) is 2.32. The Morgan fingerprint density at radius 2 is 1.94 bits per heavy atom. The molecule has 2 N–H and O–H groups in total. The van der Waals surface area contributed by atoms with Gasteiger partial charge in [0.05, 0.1) is 22.3 Å². The van der Waals surface area contributed by atoms with Crippen molar-refractivity contribution in [3.63, 3.8) is 0 Å². The van der Waals surface area contributed by atoms with E-state index >= 15 is 0 Å². The first-order valence-corrected chi connectivity index (χ1v) is 6.04. The van der Waals surface area contributed by atoms with Gasteiger partial charge in [-0.2, -0.15) is 5.10 Å². The van der Waals surface area contributed by atoms with Gasteiger partial charge in [-0.25, -0.2) is 4.68 Å². The largest absolute Gasteiger partial charge is 0.383 e. The van der Waals surface area contributed by atoms with E-state index < -0.39 is 0 Å². The number of aromatic nitrogens is 2. The van der Waals surface area contributed by atoms with Gasteiger partial charge in [0, 0.05) is 0 Å². The van der Waals surface area contributed by atoms with Crippen molar-refractivity contribution < 1.29 is 0 Å². The van der Waals surface area contributed by atoms with Crippen molar-refractivity contribution in [1.29, 1.82) is 0 Å². The normalized spacial score (nSPS) is 10.8. The molecule has 0 radical (unpaired) electrons. The van der Waals surface area contributed by atoms with E-state index in [0.717, 1.165) is 5.56 Å². The second-order valence-electron chi connectivity index (χ2n) is 3.69. The molecule has 90 valence electrons. The van der Waals surface area contributed by atoms with Gasteiger partial charge in [-0.3, -0.25) is 0 Å². The van der Waals surface area contributed by atoms with Crippen LogP contribution in [0.15, 0.2) is 18.2 Å². The minimum Gasteiger partial charge on any atom is -0.383 e. The number of halogens is 3. The second-order valence-corrected chi connectivity index (χ2v) is 4.88. The maximum Gasteiger partial charge on any atom is 0.141 e. The third-order valence-electron chi connectivity index (χ3n) is 2.41. The van der Waals surface area contributed by atoms with Gasteiger partial charge in [-0.15, -0.1) is 0 Å². The minimum atomic E-state index is 0.454. The Balaban J connectivity index is 2.31. The van der Waals surface area contributed by atoms with Crippen molar-refractivity contribution in [3.05, 3.63) is 44.5 Å². The first-order valence-electron chi connectivity index (χ1n) is 4.91. The molecule has 0 spiro atoms. The molecule has 6 heteroatoms. The summed E-state index contributed by atoms with van der Waals surface area (Å²) in [5.74, 6) is 0.454. The first-order chi connectivity index (χ1) is 7.99. The van der Waals surface area contributed by atoms with Gasteiger partial charge >= 0.3 is 0 Å². The Labute approximate surface area is 114 Å². The molecule has 1 aromatic carbocycles. The zero-order valence-electron chi connectivity index (χ0n) is 9.04. The molecular formula is C11H10Cl3N3. The number of anilines is 1. The summed E-state index contributed by atoms with van der Waals surface area (Å²) in [5, 5.41) is 5.77. The van der Waals surface area contributed by atoms with E-state index in [0.29, 0.717) is 33.1 Å². The molecule has 17 heavy (non-hydrogen) atoms. The SMILES string of the molecule is Cc1nn(Cc2ccc(Cl)c(Cl)c2)c(N)c1Cl. The Kier molecular flexibility index (Phi) is 3.52. The van der Waals surface area contributed by atoms with Crippen LogP contribution in [-0.4, -0.2) is 9.78 Å². The molecule has 0 aliphatic heterocycles. The summed E-state index contributed by atoms with van der Waals surface area (Å²) in [7, 11) is 0. The van der Waals surface area contributed by atoms with Crippen LogP contribution < -0.4 is 5.73 Å². The lowest BCUT2D eigenvalue weighted by atomic mass is 10.2. The number of aryl methyl sites for hydroxylation is 1. The molecule has 2 aromatic rings. The lowest BCUT2D eigenvalue weighted by Crippen LogP contribution is -2.06. The number of rotatable bonds is 2. The van der Waals surface area contributed by atoms with E-state index in [1.807, 2.05) is 13.0 Å². The van der Waals surface area contributed by atoms with Gasteiger partial charge in [-0.1, -0.05) is 40.9 Å². The zero-order chi connectivity index (χ0) is 12.6. The molecule has 3 nitrogen and oxygen atoms in total. The van der Waals surface area contributed by atoms with Crippen molar-refractivity contribution in [2.45, 2.75) is 13.5 Å². The summed E-state index contributed by atoms with van der Waals surface area (Å²) in [6.07, 6.45) is 0. The molecule has 0 bridgehead atoms. The lowest BCUT2D eigenvalue weighted by molar-refractivity contribution is 0.689. The quantitative estimate of drug-likeness (QED) is 0.914. The van der Waals surface area contributed by atoms with E-state index in [2.05, 4.69) is 5.10 Å². The Bertz CT molecular complexity index is 563. The summed E-state index contributed by atoms with van der Waals surface area (Å²) in [6, 6.07) is 5.40. The number of nitrogens with zero attached hydrogens (tertiary/aromatic N) is 2. The van der Waals surface area contributed by atoms with E-state index in [-0.39, 0.29) is 0 Å². The van der Waals surface area contributed by atoms with Gasteiger partial charge in [0.25, 0.3) is 0 Å². The molecule has 1 heterocycles. The summed E-state index contributed by atoms with van der Waals surface area (Å²) >= 11 is 17.7. The molecule has 0 atom stereocenters. The zero-order valence-corrected chi connectivity index (χ0v) is 11.3. The molecule has 0 saturated carbocycles. The molecule has 1 aromatic heterocycles. The van der Waals surface area contributed by atoms with Crippen molar-refractivity contribution in [1.82, 2.24) is 9.78 Å². The van der Waals surface area contributed by atoms with Gasteiger partial charge < -0.3 is 5.73 Å². The number of hydrogen-bond acceptors (Lipinski definition) is 2. The number of nitrogen functional groups attached to an aromatic ring is 1. The topological polar surface area (TPSA) is 43.8 Å². The third-order valence-corrected chi connectivity index (χ3v) is 3.61. The highest BCUT2D eigenvalue weighted by Crippen LogP contribution is 2.25. The number of benzene rings is 1. The fourth-order valence-electron chi connectivity index (χ4n) is 1.51. The minimum absolute atomic E-state index is 0.454. The molecule has 2 rings (SSSR count). The Morgan fingerprint density at radius 1 is 1.24 bits per heavy atom. The Hall–Kier alpha value is -0.900. The van der Waals surface area contributed by atoms with Crippen molar-refractivity contribution in [2.75, 3.05) is 5.73 Å². The highest BCUT2D eigenvalue weighted by atomic mass is 35.5. The Morgan fingerprint density at radius 3 is 2.47 bits per heavy atom. The van der Waals surface area contributed by atoms with Crippen LogP contribution in [0.2, 0.25) is 15.1 Å². The first kappa shape index (κ1) is 12.6. The van der Waals surface area contributed by atoms with E-state index in [9.17, 15) is 0 Å². The van der Waals surface area contributed by atoms with Gasteiger partial charge in [-0.05, 0) is 24.6 Å². The molecule has 0 unspecified atom stereocenters. The van der Waals surface area contributed by atoms with Crippen LogP contribution >= 0.6 is 34.8 Å². The fourth-order valence-corrected chi connectivity index (χ4v) is 1.96. The average molecular weight is 291 g/mol. The molecule has 0 aliphatic carbocycles. The van der Waals surface area contributed by atoms with Gasteiger partial charge in [0.1, 0.15) is 10.8 Å². The molecular weight excluding hydrogens is 281 g/mol. The third kappa shape index (κ3) is 2.51. The van der Waals surface area contributed by atoms with E-state index in [1.165, 1.54) is 0 Å². The van der Waals surface area contributed by atoms with Crippen LogP contribution in [0, 0.1) is 6.92 Å². The van der Waals surface area contributed by atoms with Crippen molar-refractivity contribution in [2.24, 2.45) is 0 Å². The lowest BCUT2D eigenvalue weighted by Gasteiger charge is -2.05. The van der Waals surface area contributed by atoms with Crippen LogP contribution in [0.4, 0.5) is 5.82 Å². The summed E-state index contributed by atoms with van der Waals surface area (Å²) in [4.78, 5) is 0. The fraction of sp³-hybridized carbons (Fsp3) is 0.182. The van der Waals surface area contributed by atoms with Crippen molar-refractivity contribution in [3.8, 4) is 0 Å². The monoisotopic (exact) mass is 289 g/mol. The second kappa shape index (κ2) is 4.77. The maximum absolute atomic E-state index is 5.97. The molecule has 0 saturated heterocycles. The van der Waals surface area contributed by atoms with Crippen LogP contribution in [0.1, 0.15) is 11.3 Å². The van der Waals surface area contributed by atoms with Gasteiger partial charge in [0.15, 0.2) is 0 Å². The summed E-state index contributed by atoms with van der Waals surface area (Å²) < 4.78 is 1.64. The molecule has 0 aliphatic rings. The highest BCUT2D eigenvalue weighted by molar-refractivity contribution is 6.42. The molecule has 0 fully saturated rings. The predicted octanol–water partition coefficient (Wildman–Crippen LogP) is 3.78. The van der Waals surface area contributed by atoms with Crippen molar-refractivity contribution >= 4 is 40.6 Å².